The van der Waals surface area contributed by atoms with Crippen LogP contribution in [0.4, 0.5) is 4.79 Å². The zero-order valence-electron chi connectivity index (χ0n) is 7.25. The molecule has 2 fully saturated rings. The van der Waals surface area contributed by atoms with Gasteiger partial charge in [0.15, 0.2) is 0 Å². The van der Waals surface area contributed by atoms with Gasteiger partial charge in [-0.25, -0.2) is 4.79 Å². The molecule has 0 heterocycles. The van der Waals surface area contributed by atoms with Crippen molar-refractivity contribution in [3.8, 4) is 0 Å². The first-order chi connectivity index (χ1) is 5.77. The molecule has 0 bridgehead atoms. The summed E-state index contributed by atoms with van der Waals surface area (Å²) in [6.45, 7) is 0. The van der Waals surface area contributed by atoms with Crippen molar-refractivity contribution in [1.82, 2.24) is 5.32 Å². The number of rotatable bonds is 3. The molecule has 2 aliphatic rings. The third-order valence-electron chi connectivity index (χ3n) is 3.10. The summed E-state index contributed by atoms with van der Waals surface area (Å²) in [4.78, 5) is 10.7. The molecule has 0 spiro atoms. The summed E-state index contributed by atoms with van der Waals surface area (Å²) in [5.74, 6) is 1.47. The van der Waals surface area contributed by atoms with Crippen molar-refractivity contribution in [2.75, 3.05) is 0 Å². The van der Waals surface area contributed by atoms with Crippen LogP contribution in [0, 0.1) is 11.8 Å². The van der Waals surface area contributed by atoms with Gasteiger partial charge in [0.25, 0.3) is 0 Å². The molecule has 2 aliphatic carbocycles. The van der Waals surface area contributed by atoms with Crippen molar-refractivity contribution in [3.63, 3.8) is 0 Å². The molecule has 0 aliphatic heterocycles. The van der Waals surface area contributed by atoms with E-state index in [1.54, 1.807) is 0 Å². The molecular weight excluding hydrogens is 152 g/mol. The summed E-state index contributed by atoms with van der Waals surface area (Å²) in [6, 6.07) is 0.0510. The Morgan fingerprint density at radius 2 is 1.83 bits per heavy atom. The minimum Gasteiger partial charge on any atom is -0.352 e. The number of carbonyl (C=O) groups is 1. The number of amides is 2. The minimum absolute atomic E-state index is 0.348. The Bertz CT molecular complexity index is 185. The van der Waals surface area contributed by atoms with Gasteiger partial charge < -0.3 is 11.1 Å². The van der Waals surface area contributed by atoms with E-state index in [2.05, 4.69) is 5.32 Å². The van der Waals surface area contributed by atoms with E-state index in [1.807, 2.05) is 0 Å². The van der Waals surface area contributed by atoms with Crippen molar-refractivity contribution < 1.29 is 4.79 Å². The summed E-state index contributed by atoms with van der Waals surface area (Å²) in [5.41, 5.74) is 5.13. The molecule has 0 aromatic rings. The van der Waals surface area contributed by atoms with E-state index in [4.69, 9.17) is 5.73 Å². The van der Waals surface area contributed by atoms with Gasteiger partial charge in [-0.2, -0.15) is 0 Å². The van der Waals surface area contributed by atoms with Crippen molar-refractivity contribution in [3.05, 3.63) is 0 Å². The van der Waals surface area contributed by atoms with E-state index in [0.717, 1.165) is 11.8 Å². The third-order valence-corrected chi connectivity index (χ3v) is 3.10. The molecule has 2 saturated carbocycles. The first-order valence-corrected chi connectivity index (χ1v) is 4.83. The summed E-state index contributed by atoms with van der Waals surface area (Å²) in [7, 11) is 0. The first-order valence-electron chi connectivity index (χ1n) is 4.83. The van der Waals surface area contributed by atoms with Crippen molar-refractivity contribution in [1.29, 1.82) is 0 Å². The lowest BCUT2D eigenvalue weighted by Crippen LogP contribution is -2.46. The van der Waals surface area contributed by atoms with Crippen LogP contribution in [-0.2, 0) is 0 Å². The van der Waals surface area contributed by atoms with E-state index in [-0.39, 0.29) is 6.03 Å². The second kappa shape index (κ2) is 2.96. The van der Waals surface area contributed by atoms with Gasteiger partial charge in [-0.05, 0) is 37.5 Å². The molecule has 0 radical (unpaired) electrons. The largest absolute Gasteiger partial charge is 0.352 e. The molecule has 68 valence electrons. The quantitative estimate of drug-likeness (QED) is 0.654. The number of urea groups is 1. The number of nitrogens with one attached hydrogen (secondary N) is 1. The lowest BCUT2D eigenvalue weighted by atomic mass is 9.78. The Morgan fingerprint density at radius 1 is 1.25 bits per heavy atom. The summed E-state index contributed by atoms with van der Waals surface area (Å²) in [6.07, 6.45) is 6.44. The van der Waals surface area contributed by atoms with Crippen LogP contribution in [0.5, 0.6) is 0 Å². The van der Waals surface area contributed by atoms with Crippen molar-refractivity contribution >= 4 is 6.03 Å². The Balaban J connectivity index is 1.87. The summed E-state index contributed by atoms with van der Waals surface area (Å²) in [5, 5.41) is 2.88. The zero-order chi connectivity index (χ0) is 8.55. The highest BCUT2D eigenvalue weighted by Gasteiger charge is 2.39. The SMILES string of the molecule is NC(=O)NC(C1CCC1)C1CC1. The van der Waals surface area contributed by atoms with Crippen LogP contribution in [0.25, 0.3) is 0 Å². The number of primary amides is 1. The summed E-state index contributed by atoms with van der Waals surface area (Å²) >= 11 is 0. The second-order valence-electron chi connectivity index (χ2n) is 4.06. The molecule has 3 N–H and O–H groups in total. The van der Waals surface area contributed by atoms with Gasteiger partial charge in [0, 0.05) is 6.04 Å². The normalized spacial score (nSPS) is 26.0. The summed E-state index contributed by atoms with van der Waals surface area (Å²) < 4.78 is 0. The molecule has 2 amide bonds. The predicted molar refractivity (Wildman–Crippen MR) is 46.6 cm³/mol. The van der Waals surface area contributed by atoms with Crippen LogP contribution in [0.1, 0.15) is 32.1 Å². The van der Waals surface area contributed by atoms with Crippen LogP contribution in [-0.4, -0.2) is 12.1 Å². The molecule has 2 rings (SSSR count). The molecule has 0 aromatic carbocycles. The Kier molecular flexibility index (Phi) is 1.95. The molecule has 0 aromatic heterocycles. The van der Waals surface area contributed by atoms with Gasteiger partial charge in [0.1, 0.15) is 0 Å². The topological polar surface area (TPSA) is 55.1 Å². The smallest absolute Gasteiger partial charge is 0.312 e. The maximum absolute atomic E-state index is 10.7. The van der Waals surface area contributed by atoms with E-state index < -0.39 is 0 Å². The van der Waals surface area contributed by atoms with Crippen molar-refractivity contribution in [2.24, 2.45) is 17.6 Å². The standard InChI is InChI=1S/C9H16N2O/c10-9(12)11-8(7-4-5-7)6-2-1-3-6/h6-8H,1-5H2,(H3,10,11,12). The van der Waals surface area contributed by atoms with E-state index in [9.17, 15) is 4.79 Å². The van der Waals surface area contributed by atoms with Gasteiger partial charge in [0.2, 0.25) is 0 Å². The minimum atomic E-state index is -0.348. The molecule has 1 atom stereocenters. The maximum Gasteiger partial charge on any atom is 0.312 e. The average molecular weight is 168 g/mol. The molecular formula is C9H16N2O. The van der Waals surface area contributed by atoms with Crippen LogP contribution in [0.15, 0.2) is 0 Å². The van der Waals surface area contributed by atoms with Gasteiger partial charge >= 0.3 is 6.03 Å². The van der Waals surface area contributed by atoms with Gasteiger partial charge in [-0.3, -0.25) is 0 Å². The Morgan fingerprint density at radius 3 is 2.17 bits per heavy atom. The molecule has 3 heteroatoms. The van der Waals surface area contributed by atoms with Gasteiger partial charge in [-0.1, -0.05) is 6.42 Å². The predicted octanol–water partition coefficient (Wildman–Crippen LogP) is 1.23. The fraction of sp³-hybridized carbons (Fsp3) is 0.889. The van der Waals surface area contributed by atoms with E-state index >= 15 is 0 Å². The van der Waals surface area contributed by atoms with Crippen LogP contribution >= 0.6 is 0 Å². The lowest BCUT2D eigenvalue weighted by molar-refractivity contribution is 0.201. The second-order valence-corrected chi connectivity index (χ2v) is 4.06. The fourth-order valence-electron chi connectivity index (χ4n) is 2.04. The fourth-order valence-corrected chi connectivity index (χ4v) is 2.04. The monoisotopic (exact) mass is 168 g/mol. The number of hydrogen-bond acceptors (Lipinski definition) is 1. The Hall–Kier alpha value is -0.730. The molecule has 0 saturated heterocycles. The lowest BCUT2D eigenvalue weighted by Gasteiger charge is -2.34. The highest BCUT2D eigenvalue weighted by molar-refractivity contribution is 5.72. The molecule has 3 nitrogen and oxygen atoms in total. The first kappa shape index (κ1) is 7.90. The average Bonchev–Trinajstić information content (AvgIpc) is 2.60. The van der Waals surface area contributed by atoms with Crippen LogP contribution in [0.2, 0.25) is 0 Å². The molecule has 1 unspecified atom stereocenters. The maximum atomic E-state index is 10.7. The van der Waals surface area contributed by atoms with E-state index in [0.29, 0.717) is 6.04 Å². The van der Waals surface area contributed by atoms with Crippen LogP contribution in [0.3, 0.4) is 0 Å². The van der Waals surface area contributed by atoms with E-state index in [1.165, 1.54) is 32.1 Å². The highest BCUT2D eigenvalue weighted by atomic mass is 16.2. The van der Waals surface area contributed by atoms with Crippen LogP contribution < -0.4 is 11.1 Å². The molecule has 12 heavy (non-hydrogen) atoms. The van der Waals surface area contributed by atoms with Gasteiger partial charge in [0.05, 0.1) is 0 Å². The third kappa shape index (κ3) is 1.54. The number of nitrogens with two attached hydrogens (primary N) is 1. The van der Waals surface area contributed by atoms with Gasteiger partial charge in [-0.15, -0.1) is 0 Å². The van der Waals surface area contributed by atoms with Crippen molar-refractivity contribution in [2.45, 2.75) is 38.1 Å². The number of carbonyl (C=O) groups excluding carboxylic acids is 1. The zero-order valence-corrected chi connectivity index (χ0v) is 7.25. The highest BCUT2D eigenvalue weighted by Crippen LogP contribution is 2.42. The number of hydrogen-bond donors (Lipinski definition) is 2. The Labute approximate surface area is 72.7 Å².